The molecule has 0 amide bonds. The molecule has 0 atom stereocenters. The summed E-state index contributed by atoms with van der Waals surface area (Å²) in [5.74, 6) is 0.714. The average molecular weight is 240 g/mol. The zero-order valence-corrected chi connectivity index (χ0v) is 9.92. The second-order valence-electron chi connectivity index (χ2n) is 4.03. The Hall–Kier alpha value is -2.27. The molecule has 2 heterocycles. The molecule has 90 valence electrons. The van der Waals surface area contributed by atoms with E-state index in [0.717, 1.165) is 28.1 Å². The molecule has 3 aromatic rings. The van der Waals surface area contributed by atoms with Crippen molar-refractivity contribution in [3.63, 3.8) is 0 Å². The number of oxazole rings is 1. The Morgan fingerprint density at radius 2 is 2.11 bits per heavy atom. The predicted molar refractivity (Wildman–Crippen MR) is 67.7 cm³/mol. The molecule has 0 bridgehead atoms. The Kier molecular flexibility index (Phi) is 2.53. The molecule has 2 N–H and O–H groups in total. The molecular weight excluding hydrogens is 228 g/mol. The first-order valence-electron chi connectivity index (χ1n) is 5.64. The molecule has 0 fully saturated rings. The summed E-state index contributed by atoms with van der Waals surface area (Å²) in [5, 5.41) is 0. The van der Waals surface area contributed by atoms with Gasteiger partial charge in [-0.15, -0.1) is 0 Å². The molecule has 5 nitrogen and oxygen atoms in total. The lowest BCUT2D eigenvalue weighted by Gasteiger charge is -2.04. The largest absolute Gasteiger partial charge is 0.443 e. The van der Waals surface area contributed by atoms with E-state index in [1.807, 2.05) is 31.2 Å². The lowest BCUT2D eigenvalue weighted by atomic mass is 10.1. The van der Waals surface area contributed by atoms with E-state index in [-0.39, 0.29) is 0 Å². The van der Waals surface area contributed by atoms with Gasteiger partial charge in [0.25, 0.3) is 0 Å². The smallest absolute Gasteiger partial charge is 0.181 e. The molecule has 3 rings (SSSR count). The molecular formula is C13H12N4O. The highest BCUT2D eigenvalue weighted by atomic mass is 16.3. The van der Waals surface area contributed by atoms with Crippen LogP contribution in [0.1, 0.15) is 11.5 Å². The maximum absolute atomic E-state index is 5.62. The van der Waals surface area contributed by atoms with Gasteiger partial charge in [0.05, 0.1) is 11.4 Å². The summed E-state index contributed by atoms with van der Waals surface area (Å²) in [7, 11) is 0. The van der Waals surface area contributed by atoms with Crippen molar-refractivity contribution in [2.45, 2.75) is 13.5 Å². The fourth-order valence-electron chi connectivity index (χ4n) is 1.90. The Labute approximate surface area is 104 Å². The average Bonchev–Trinajstić information content (AvgIpc) is 2.85. The Balaban J connectivity index is 2.15. The maximum atomic E-state index is 5.62. The van der Waals surface area contributed by atoms with Crippen molar-refractivity contribution in [1.29, 1.82) is 0 Å². The number of aromatic nitrogens is 3. The third kappa shape index (κ3) is 1.84. The van der Waals surface area contributed by atoms with E-state index in [1.54, 1.807) is 0 Å². The lowest BCUT2D eigenvalue weighted by molar-refractivity contribution is 0.602. The van der Waals surface area contributed by atoms with Gasteiger partial charge in [-0.05, 0) is 25.1 Å². The minimum Gasteiger partial charge on any atom is -0.443 e. The highest BCUT2D eigenvalue weighted by Crippen LogP contribution is 2.22. The molecule has 0 aliphatic carbocycles. The Morgan fingerprint density at radius 1 is 1.22 bits per heavy atom. The van der Waals surface area contributed by atoms with Gasteiger partial charge < -0.3 is 10.2 Å². The van der Waals surface area contributed by atoms with Gasteiger partial charge >= 0.3 is 0 Å². The van der Waals surface area contributed by atoms with Crippen LogP contribution in [0.2, 0.25) is 0 Å². The summed E-state index contributed by atoms with van der Waals surface area (Å²) in [5.41, 5.74) is 9.85. The van der Waals surface area contributed by atoms with Crippen molar-refractivity contribution >= 4 is 11.1 Å². The van der Waals surface area contributed by atoms with Gasteiger partial charge in [0.15, 0.2) is 12.0 Å². The summed E-state index contributed by atoms with van der Waals surface area (Å²) in [6.07, 6.45) is 1.44. The molecule has 2 aromatic heterocycles. The van der Waals surface area contributed by atoms with Crippen molar-refractivity contribution < 1.29 is 4.42 Å². The maximum Gasteiger partial charge on any atom is 0.181 e. The number of fused-ring (bicyclic) bond motifs is 1. The minimum absolute atomic E-state index is 0.404. The summed E-state index contributed by atoms with van der Waals surface area (Å²) >= 11 is 0. The van der Waals surface area contributed by atoms with Crippen LogP contribution in [-0.4, -0.2) is 15.0 Å². The van der Waals surface area contributed by atoms with Crippen LogP contribution in [0.3, 0.4) is 0 Å². The van der Waals surface area contributed by atoms with E-state index in [4.69, 9.17) is 10.2 Å². The second-order valence-corrected chi connectivity index (χ2v) is 4.03. The topological polar surface area (TPSA) is 77.8 Å². The molecule has 1 aromatic carbocycles. The molecule has 0 saturated heterocycles. The third-order valence-electron chi connectivity index (χ3n) is 2.73. The second kappa shape index (κ2) is 4.19. The van der Waals surface area contributed by atoms with Crippen molar-refractivity contribution in [3.8, 4) is 11.3 Å². The van der Waals surface area contributed by atoms with E-state index in [2.05, 4.69) is 15.0 Å². The van der Waals surface area contributed by atoms with Crippen LogP contribution in [0.4, 0.5) is 0 Å². The first-order valence-corrected chi connectivity index (χ1v) is 5.64. The van der Waals surface area contributed by atoms with Gasteiger partial charge in [-0.2, -0.15) is 0 Å². The fourth-order valence-corrected chi connectivity index (χ4v) is 1.90. The minimum atomic E-state index is 0.404. The van der Waals surface area contributed by atoms with Crippen molar-refractivity contribution in [1.82, 2.24) is 15.0 Å². The van der Waals surface area contributed by atoms with Gasteiger partial charge in [-0.25, -0.2) is 15.0 Å². The molecule has 0 aliphatic heterocycles. The van der Waals surface area contributed by atoms with Crippen LogP contribution in [0.25, 0.3) is 22.4 Å². The molecule has 0 radical (unpaired) electrons. The molecule has 0 spiro atoms. The molecule has 0 saturated carbocycles. The number of aryl methyl sites for hydroxylation is 1. The zero-order chi connectivity index (χ0) is 12.5. The van der Waals surface area contributed by atoms with Crippen LogP contribution in [0.5, 0.6) is 0 Å². The number of nitrogens with zero attached hydrogens (tertiary/aromatic N) is 3. The number of rotatable bonds is 2. The Morgan fingerprint density at radius 3 is 2.94 bits per heavy atom. The lowest BCUT2D eigenvalue weighted by Crippen LogP contribution is -2.03. The van der Waals surface area contributed by atoms with Crippen molar-refractivity contribution in [2.75, 3.05) is 0 Å². The molecule has 18 heavy (non-hydrogen) atoms. The zero-order valence-electron chi connectivity index (χ0n) is 9.92. The highest BCUT2D eigenvalue weighted by Gasteiger charge is 2.06. The Bertz CT molecular complexity index is 705. The SMILES string of the molecule is Cc1nc(CN)cc(-c2ccc3ncoc3c2)n1. The predicted octanol–water partition coefficient (Wildman–Crippen LogP) is 2.05. The summed E-state index contributed by atoms with van der Waals surface area (Å²) < 4.78 is 5.29. The number of hydrogen-bond acceptors (Lipinski definition) is 5. The molecule has 5 heteroatoms. The molecule has 0 unspecified atom stereocenters. The van der Waals surface area contributed by atoms with Gasteiger partial charge in [0, 0.05) is 12.1 Å². The van der Waals surface area contributed by atoms with Crippen molar-refractivity contribution in [2.24, 2.45) is 5.73 Å². The van der Waals surface area contributed by atoms with E-state index >= 15 is 0 Å². The standard InChI is InChI=1S/C13H12N4O/c1-8-16-10(6-14)5-12(17-8)9-2-3-11-13(4-9)18-7-15-11/h2-5,7H,6,14H2,1H3. The van der Waals surface area contributed by atoms with Gasteiger partial charge in [0.1, 0.15) is 11.3 Å². The van der Waals surface area contributed by atoms with Gasteiger partial charge in [-0.3, -0.25) is 0 Å². The van der Waals surface area contributed by atoms with E-state index in [1.165, 1.54) is 6.39 Å². The quantitative estimate of drug-likeness (QED) is 0.741. The van der Waals surface area contributed by atoms with Crippen LogP contribution >= 0.6 is 0 Å². The summed E-state index contributed by atoms with van der Waals surface area (Å²) in [6, 6.07) is 7.69. The summed E-state index contributed by atoms with van der Waals surface area (Å²) in [6.45, 7) is 2.26. The van der Waals surface area contributed by atoms with E-state index < -0.39 is 0 Å². The normalized spacial score (nSPS) is 11.0. The third-order valence-corrected chi connectivity index (χ3v) is 2.73. The number of nitrogens with two attached hydrogens (primary N) is 1. The van der Waals surface area contributed by atoms with Crippen LogP contribution in [0, 0.1) is 6.92 Å². The van der Waals surface area contributed by atoms with Crippen LogP contribution in [0.15, 0.2) is 35.1 Å². The first-order chi connectivity index (χ1) is 8.76. The highest BCUT2D eigenvalue weighted by molar-refractivity contribution is 5.78. The monoisotopic (exact) mass is 240 g/mol. The van der Waals surface area contributed by atoms with E-state index in [9.17, 15) is 0 Å². The fraction of sp³-hybridized carbons (Fsp3) is 0.154. The number of benzene rings is 1. The summed E-state index contributed by atoms with van der Waals surface area (Å²) in [4.78, 5) is 12.8. The van der Waals surface area contributed by atoms with Crippen molar-refractivity contribution in [3.05, 3.63) is 42.2 Å². The first kappa shape index (κ1) is 10.9. The van der Waals surface area contributed by atoms with Crippen LogP contribution in [-0.2, 0) is 6.54 Å². The number of hydrogen-bond donors (Lipinski definition) is 1. The van der Waals surface area contributed by atoms with Gasteiger partial charge in [0.2, 0.25) is 0 Å². The van der Waals surface area contributed by atoms with E-state index in [0.29, 0.717) is 12.4 Å². The van der Waals surface area contributed by atoms with Crippen LogP contribution < -0.4 is 5.73 Å². The van der Waals surface area contributed by atoms with Gasteiger partial charge in [-0.1, -0.05) is 6.07 Å². The molecule has 0 aliphatic rings.